The summed E-state index contributed by atoms with van der Waals surface area (Å²) in [7, 11) is 0. The fourth-order valence-electron chi connectivity index (χ4n) is 4.80. The SMILES string of the molecule is CC(C)(C)C1CC=C(C2(N(O)C=O)CCC(C(C)(C)C)CC2)CC1. The van der Waals surface area contributed by atoms with Crippen molar-refractivity contribution in [2.24, 2.45) is 22.7 Å². The topological polar surface area (TPSA) is 40.5 Å². The number of carbonyl (C=O) groups excluding carboxylic acids is 1. The van der Waals surface area contributed by atoms with E-state index in [0.717, 1.165) is 50.0 Å². The van der Waals surface area contributed by atoms with Crippen LogP contribution in [0, 0.1) is 22.7 Å². The lowest BCUT2D eigenvalue weighted by molar-refractivity contribution is -0.181. The zero-order valence-electron chi connectivity index (χ0n) is 16.6. The van der Waals surface area contributed by atoms with E-state index in [9.17, 15) is 10.0 Å². The lowest BCUT2D eigenvalue weighted by atomic mass is 9.62. The molecule has 24 heavy (non-hydrogen) atoms. The summed E-state index contributed by atoms with van der Waals surface area (Å²) < 4.78 is 0. The van der Waals surface area contributed by atoms with Gasteiger partial charge in [0, 0.05) is 0 Å². The van der Waals surface area contributed by atoms with Crippen LogP contribution in [-0.2, 0) is 4.79 Å². The van der Waals surface area contributed by atoms with E-state index in [-0.39, 0.29) is 0 Å². The van der Waals surface area contributed by atoms with Crippen LogP contribution in [0.25, 0.3) is 0 Å². The van der Waals surface area contributed by atoms with Crippen LogP contribution >= 0.6 is 0 Å². The summed E-state index contributed by atoms with van der Waals surface area (Å²) in [6.07, 6.45) is 10.1. The maximum absolute atomic E-state index is 11.4. The Morgan fingerprint density at radius 2 is 1.58 bits per heavy atom. The van der Waals surface area contributed by atoms with Crippen molar-refractivity contribution in [1.82, 2.24) is 5.06 Å². The summed E-state index contributed by atoms with van der Waals surface area (Å²) in [6, 6.07) is 0. The highest BCUT2D eigenvalue weighted by atomic mass is 16.5. The second-order valence-corrected chi connectivity index (χ2v) is 10.2. The first-order chi connectivity index (χ1) is 11.0. The fourth-order valence-corrected chi connectivity index (χ4v) is 4.80. The van der Waals surface area contributed by atoms with Gasteiger partial charge in [0.2, 0.25) is 6.41 Å². The van der Waals surface area contributed by atoms with Crippen molar-refractivity contribution in [3.8, 4) is 0 Å². The first-order valence-electron chi connectivity index (χ1n) is 9.64. The van der Waals surface area contributed by atoms with Crippen molar-refractivity contribution in [1.29, 1.82) is 0 Å². The average molecular weight is 336 g/mol. The minimum Gasteiger partial charge on any atom is -0.285 e. The molecule has 0 aromatic heterocycles. The molecule has 3 heteroatoms. The Morgan fingerprint density at radius 3 is 1.96 bits per heavy atom. The number of rotatable bonds is 3. The van der Waals surface area contributed by atoms with Crippen LogP contribution in [0.4, 0.5) is 0 Å². The van der Waals surface area contributed by atoms with Gasteiger partial charge in [0.25, 0.3) is 0 Å². The normalized spacial score (nSPS) is 32.2. The number of amides is 1. The van der Waals surface area contributed by atoms with Gasteiger partial charge >= 0.3 is 0 Å². The molecule has 1 atom stereocenters. The van der Waals surface area contributed by atoms with Gasteiger partial charge in [-0.1, -0.05) is 47.6 Å². The molecule has 1 amide bonds. The van der Waals surface area contributed by atoms with Crippen molar-refractivity contribution in [3.63, 3.8) is 0 Å². The first-order valence-corrected chi connectivity index (χ1v) is 9.64. The molecule has 1 fully saturated rings. The molecule has 0 aromatic rings. The third kappa shape index (κ3) is 3.87. The zero-order valence-corrected chi connectivity index (χ0v) is 16.6. The van der Waals surface area contributed by atoms with Gasteiger partial charge in [-0.3, -0.25) is 10.0 Å². The molecule has 138 valence electrons. The smallest absolute Gasteiger partial charge is 0.233 e. The highest BCUT2D eigenvalue weighted by molar-refractivity contribution is 5.49. The van der Waals surface area contributed by atoms with E-state index < -0.39 is 5.54 Å². The number of nitrogens with zero attached hydrogens (tertiary/aromatic N) is 1. The summed E-state index contributed by atoms with van der Waals surface area (Å²) in [4.78, 5) is 11.4. The molecule has 0 heterocycles. The lowest BCUT2D eigenvalue weighted by Gasteiger charge is -2.49. The summed E-state index contributed by atoms with van der Waals surface area (Å²) in [5, 5.41) is 11.4. The predicted molar refractivity (Wildman–Crippen MR) is 98.7 cm³/mol. The third-order valence-electron chi connectivity index (χ3n) is 6.81. The van der Waals surface area contributed by atoms with Gasteiger partial charge in [0.05, 0.1) is 5.54 Å². The first kappa shape index (κ1) is 19.5. The van der Waals surface area contributed by atoms with E-state index in [1.54, 1.807) is 0 Å². The number of carbonyl (C=O) groups is 1. The molecule has 0 spiro atoms. The molecule has 1 saturated carbocycles. The van der Waals surface area contributed by atoms with Crippen molar-refractivity contribution in [2.75, 3.05) is 0 Å². The maximum Gasteiger partial charge on any atom is 0.233 e. The van der Waals surface area contributed by atoms with E-state index in [2.05, 4.69) is 47.6 Å². The van der Waals surface area contributed by atoms with Gasteiger partial charge in [-0.05, 0) is 73.2 Å². The Balaban J connectivity index is 2.19. The Labute approximate surface area is 148 Å². The zero-order chi connectivity index (χ0) is 18.2. The second-order valence-electron chi connectivity index (χ2n) is 10.2. The van der Waals surface area contributed by atoms with Gasteiger partial charge in [-0.15, -0.1) is 0 Å². The van der Waals surface area contributed by atoms with Crippen LogP contribution in [0.15, 0.2) is 11.6 Å². The lowest BCUT2D eigenvalue weighted by Crippen LogP contribution is -2.51. The molecule has 0 aliphatic heterocycles. The van der Waals surface area contributed by atoms with Crippen molar-refractivity contribution >= 4 is 6.41 Å². The van der Waals surface area contributed by atoms with E-state index in [0.29, 0.717) is 29.1 Å². The molecule has 3 nitrogen and oxygen atoms in total. The largest absolute Gasteiger partial charge is 0.285 e. The van der Waals surface area contributed by atoms with E-state index in [4.69, 9.17) is 0 Å². The molecule has 1 N–H and O–H groups in total. The Bertz CT molecular complexity index is 473. The molecule has 1 unspecified atom stereocenters. The van der Waals surface area contributed by atoms with Crippen LogP contribution in [0.2, 0.25) is 0 Å². The molecule has 2 aliphatic rings. The van der Waals surface area contributed by atoms with Gasteiger partial charge in [-0.25, -0.2) is 5.06 Å². The molecule has 0 saturated heterocycles. The van der Waals surface area contributed by atoms with Gasteiger partial charge in [-0.2, -0.15) is 0 Å². The number of hydroxylamine groups is 2. The summed E-state index contributed by atoms with van der Waals surface area (Å²) in [6.45, 7) is 13.8. The number of allylic oxidation sites excluding steroid dienone is 1. The summed E-state index contributed by atoms with van der Waals surface area (Å²) in [5.41, 5.74) is 1.46. The molecule has 0 aromatic carbocycles. The Kier molecular flexibility index (Phi) is 5.54. The molecule has 2 aliphatic carbocycles. The van der Waals surface area contributed by atoms with Crippen LogP contribution < -0.4 is 0 Å². The standard InChI is InChI=1S/C21H37NO2/c1-19(2,3)16-7-9-18(10-8-16)21(22(24)15-23)13-11-17(12-14-21)20(4,5)6/h9,15-17,24H,7-8,10-14H2,1-6H3. The van der Waals surface area contributed by atoms with E-state index in [1.807, 2.05) is 0 Å². The van der Waals surface area contributed by atoms with Crippen LogP contribution in [0.1, 0.15) is 86.5 Å². The van der Waals surface area contributed by atoms with Crippen molar-refractivity contribution < 1.29 is 10.0 Å². The van der Waals surface area contributed by atoms with Gasteiger partial charge in [0.1, 0.15) is 0 Å². The van der Waals surface area contributed by atoms with Crippen LogP contribution in [0.3, 0.4) is 0 Å². The van der Waals surface area contributed by atoms with E-state index in [1.165, 1.54) is 5.57 Å². The molecular formula is C21H37NO2. The monoisotopic (exact) mass is 335 g/mol. The highest BCUT2D eigenvalue weighted by Gasteiger charge is 2.45. The average Bonchev–Trinajstić information content (AvgIpc) is 2.52. The van der Waals surface area contributed by atoms with E-state index >= 15 is 0 Å². The highest BCUT2D eigenvalue weighted by Crippen LogP contribution is 2.49. The number of hydrogen-bond donors (Lipinski definition) is 1. The number of hydrogen-bond acceptors (Lipinski definition) is 2. The van der Waals surface area contributed by atoms with Gasteiger partial charge < -0.3 is 0 Å². The molecule has 0 radical (unpaired) electrons. The molecular weight excluding hydrogens is 298 g/mol. The molecule has 0 bridgehead atoms. The predicted octanol–water partition coefficient (Wildman–Crippen LogP) is 5.58. The summed E-state index contributed by atoms with van der Waals surface area (Å²) in [5.74, 6) is 1.35. The van der Waals surface area contributed by atoms with Crippen LogP contribution in [-0.4, -0.2) is 22.2 Å². The Morgan fingerprint density at radius 1 is 1.04 bits per heavy atom. The van der Waals surface area contributed by atoms with Crippen molar-refractivity contribution in [2.45, 2.75) is 92.0 Å². The minimum absolute atomic E-state index is 0.298. The third-order valence-corrected chi connectivity index (χ3v) is 6.81. The van der Waals surface area contributed by atoms with Crippen LogP contribution in [0.5, 0.6) is 0 Å². The maximum atomic E-state index is 11.4. The quantitative estimate of drug-likeness (QED) is 0.316. The van der Waals surface area contributed by atoms with Gasteiger partial charge in [0.15, 0.2) is 0 Å². The molecule has 2 rings (SSSR count). The summed E-state index contributed by atoms with van der Waals surface area (Å²) >= 11 is 0. The Hall–Kier alpha value is -0.830. The fraction of sp³-hybridized carbons (Fsp3) is 0.857. The van der Waals surface area contributed by atoms with Crippen molar-refractivity contribution in [3.05, 3.63) is 11.6 Å². The second kappa shape index (κ2) is 6.82. The minimum atomic E-state index is -0.452.